The summed E-state index contributed by atoms with van der Waals surface area (Å²) in [6.07, 6.45) is -0.125. The number of rotatable bonds is 3. The second kappa shape index (κ2) is 5.22. The molecule has 2 heterocycles. The van der Waals surface area contributed by atoms with Gasteiger partial charge in [0.15, 0.2) is 6.10 Å². The lowest BCUT2D eigenvalue weighted by atomic mass is 10.3. The second-order valence-electron chi connectivity index (χ2n) is 4.11. The third-order valence-corrected chi connectivity index (χ3v) is 4.79. The van der Waals surface area contributed by atoms with Gasteiger partial charge in [-0.2, -0.15) is 0 Å². The number of hydrogen-bond donors (Lipinski definition) is 1. The molecule has 1 aliphatic heterocycles. The number of aromatic nitrogens is 1. The molecule has 0 spiro atoms. The molecular weight excluding hydrogens is 282 g/mol. The molecule has 98 valence electrons. The number of carboxylic acid groups (broad SMARTS) is 1. The minimum atomic E-state index is -0.860. The Balaban J connectivity index is 1.77. The van der Waals surface area contributed by atoms with E-state index in [0.29, 0.717) is 5.69 Å². The van der Waals surface area contributed by atoms with Gasteiger partial charge in [-0.25, -0.2) is 4.98 Å². The molecule has 4 nitrogen and oxygen atoms in total. The van der Waals surface area contributed by atoms with Crippen molar-refractivity contribution in [3.63, 3.8) is 0 Å². The highest BCUT2D eigenvalue weighted by Crippen LogP contribution is 2.40. The maximum Gasteiger partial charge on any atom is 0.309 e. The molecule has 1 atom stereocenters. The topological polar surface area (TPSA) is 59.4 Å². The molecule has 19 heavy (non-hydrogen) atoms. The highest BCUT2D eigenvalue weighted by Gasteiger charge is 2.24. The largest absolute Gasteiger partial charge is 0.481 e. The predicted molar refractivity (Wildman–Crippen MR) is 74.0 cm³/mol. The average Bonchev–Trinajstić information content (AvgIpc) is 2.86. The van der Waals surface area contributed by atoms with Crippen LogP contribution in [-0.2, 0) is 11.2 Å². The number of thiazole rings is 1. The average molecular weight is 293 g/mol. The lowest BCUT2D eigenvalue weighted by Gasteiger charge is -2.23. The summed E-state index contributed by atoms with van der Waals surface area (Å²) in [6.45, 7) is 0. The number of thioether (sulfide) groups is 1. The van der Waals surface area contributed by atoms with Gasteiger partial charge in [0.2, 0.25) is 0 Å². The molecule has 0 saturated heterocycles. The first kappa shape index (κ1) is 12.5. The highest BCUT2D eigenvalue weighted by atomic mass is 32.2. The van der Waals surface area contributed by atoms with Crippen LogP contribution in [0, 0.1) is 0 Å². The molecule has 6 heteroatoms. The number of nitrogens with zero attached hydrogens (tertiary/aromatic N) is 1. The molecule has 1 N–H and O–H groups in total. The van der Waals surface area contributed by atoms with Crippen LogP contribution in [0.15, 0.2) is 34.5 Å². The summed E-state index contributed by atoms with van der Waals surface area (Å²) in [5.74, 6) is 0.816. The molecule has 0 saturated carbocycles. The number of carbonyl (C=O) groups is 1. The summed E-state index contributed by atoms with van der Waals surface area (Å²) < 4.78 is 5.92. The van der Waals surface area contributed by atoms with Crippen molar-refractivity contribution in [1.29, 1.82) is 0 Å². The van der Waals surface area contributed by atoms with Crippen LogP contribution in [0.3, 0.4) is 0 Å². The zero-order valence-corrected chi connectivity index (χ0v) is 11.5. The first-order valence-corrected chi connectivity index (χ1v) is 7.63. The minimum absolute atomic E-state index is 0.0348. The Kier molecular flexibility index (Phi) is 3.44. The molecule has 0 fully saturated rings. The van der Waals surface area contributed by atoms with Crippen molar-refractivity contribution in [2.75, 3.05) is 5.75 Å². The van der Waals surface area contributed by atoms with Crippen molar-refractivity contribution in [3.8, 4) is 5.75 Å². The Hall–Kier alpha value is -1.53. The SMILES string of the molecule is O=C(O)Cc1csc(C2CSc3ccccc3O2)n1. The summed E-state index contributed by atoms with van der Waals surface area (Å²) in [4.78, 5) is 16.1. The standard InChI is InChI=1S/C13H11NO3S2/c15-12(16)5-8-6-19-13(14-8)10-7-18-11-4-2-1-3-9(11)17-10/h1-4,6,10H,5,7H2,(H,15,16). The van der Waals surface area contributed by atoms with Crippen LogP contribution in [0.2, 0.25) is 0 Å². The maximum atomic E-state index is 10.6. The number of benzene rings is 1. The Labute approximate surface area is 118 Å². The van der Waals surface area contributed by atoms with Crippen LogP contribution < -0.4 is 4.74 Å². The number of fused-ring (bicyclic) bond motifs is 1. The summed E-state index contributed by atoms with van der Waals surface area (Å²) in [5, 5.41) is 11.4. The third kappa shape index (κ3) is 2.74. The van der Waals surface area contributed by atoms with Gasteiger partial charge in [-0.15, -0.1) is 23.1 Å². The minimum Gasteiger partial charge on any atom is -0.481 e. The molecule has 1 aliphatic rings. The van der Waals surface area contributed by atoms with Crippen molar-refractivity contribution in [1.82, 2.24) is 4.98 Å². The van der Waals surface area contributed by atoms with Gasteiger partial charge in [0.05, 0.1) is 12.1 Å². The molecule has 0 aliphatic carbocycles. The van der Waals surface area contributed by atoms with E-state index in [9.17, 15) is 4.79 Å². The Morgan fingerprint density at radius 3 is 3.16 bits per heavy atom. The summed E-state index contributed by atoms with van der Waals surface area (Å²) in [6, 6.07) is 7.91. The Morgan fingerprint density at radius 2 is 2.32 bits per heavy atom. The first-order chi connectivity index (χ1) is 9.22. The van der Waals surface area contributed by atoms with Gasteiger partial charge in [-0.3, -0.25) is 4.79 Å². The number of aliphatic carboxylic acids is 1. The quantitative estimate of drug-likeness (QED) is 0.942. The molecular formula is C13H11NO3S2. The summed E-state index contributed by atoms with van der Waals surface area (Å²) in [7, 11) is 0. The maximum absolute atomic E-state index is 10.6. The van der Waals surface area contributed by atoms with E-state index in [4.69, 9.17) is 9.84 Å². The van der Waals surface area contributed by atoms with Crippen LogP contribution in [0.25, 0.3) is 0 Å². The molecule has 0 radical (unpaired) electrons. The second-order valence-corrected chi connectivity index (χ2v) is 6.06. The Morgan fingerprint density at radius 1 is 1.47 bits per heavy atom. The molecule has 1 aromatic carbocycles. The number of para-hydroxylation sites is 1. The van der Waals surface area contributed by atoms with Crippen molar-refractivity contribution in [2.24, 2.45) is 0 Å². The predicted octanol–water partition coefficient (Wildman–Crippen LogP) is 3.00. The van der Waals surface area contributed by atoms with Crippen molar-refractivity contribution >= 4 is 29.1 Å². The van der Waals surface area contributed by atoms with Crippen LogP contribution in [0.1, 0.15) is 16.8 Å². The normalized spacial score (nSPS) is 17.6. The van der Waals surface area contributed by atoms with Crippen LogP contribution in [0.4, 0.5) is 0 Å². The van der Waals surface area contributed by atoms with E-state index < -0.39 is 5.97 Å². The summed E-state index contributed by atoms with van der Waals surface area (Å²) >= 11 is 3.20. The van der Waals surface area contributed by atoms with E-state index in [1.165, 1.54) is 11.3 Å². The van der Waals surface area contributed by atoms with E-state index in [0.717, 1.165) is 21.4 Å². The van der Waals surface area contributed by atoms with Gasteiger partial charge in [0.1, 0.15) is 10.8 Å². The lowest BCUT2D eigenvalue weighted by molar-refractivity contribution is -0.136. The monoisotopic (exact) mass is 293 g/mol. The van der Waals surface area contributed by atoms with Crippen LogP contribution >= 0.6 is 23.1 Å². The molecule has 3 rings (SSSR count). The number of ether oxygens (including phenoxy) is 1. The van der Waals surface area contributed by atoms with E-state index in [1.807, 2.05) is 24.3 Å². The molecule has 1 aromatic heterocycles. The summed E-state index contributed by atoms with van der Waals surface area (Å²) in [5.41, 5.74) is 0.597. The molecule has 1 unspecified atom stereocenters. The van der Waals surface area contributed by atoms with Gasteiger partial charge in [0.25, 0.3) is 0 Å². The van der Waals surface area contributed by atoms with Crippen molar-refractivity contribution in [3.05, 3.63) is 40.3 Å². The zero-order valence-electron chi connectivity index (χ0n) is 9.91. The molecule has 0 bridgehead atoms. The van der Waals surface area contributed by atoms with E-state index in [-0.39, 0.29) is 12.5 Å². The fraction of sp³-hybridized carbons (Fsp3) is 0.231. The van der Waals surface area contributed by atoms with Crippen molar-refractivity contribution in [2.45, 2.75) is 17.4 Å². The van der Waals surface area contributed by atoms with Gasteiger partial charge >= 0.3 is 5.97 Å². The zero-order chi connectivity index (χ0) is 13.2. The van der Waals surface area contributed by atoms with Gasteiger partial charge in [-0.1, -0.05) is 12.1 Å². The van der Waals surface area contributed by atoms with Crippen LogP contribution in [-0.4, -0.2) is 21.8 Å². The number of carboxylic acids is 1. The molecule has 2 aromatic rings. The van der Waals surface area contributed by atoms with Gasteiger partial charge in [-0.05, 0) is 12.1 Å². The van der Waals surface area contributed by atoms with E-state index >= 15 is 0 Å². The van der Waals surface area contributed by atoms with Crippen LogP contribution in [0.5, 0.6) is 5.75 Å². The smallest absolute Gasteiger partial charge is 0.309 e. The van der Waals surface area contributed by atoms with Gasteiger partial charge in [0, 0.05) is 16.0 Å². The van der Waals surface area contributed by atoms with Crippen molar-refractivity contribution < 1.29 is 14.6 Å². The van der Waals surface area contributed by atoms with Gasteiger partial charge < -0.3 is 9.84 Å². The first-order valence-electron chi connectivity index (χ1n) is 5.77. The third-order valence-electron chi connectivity index (χ3n) is 2.69. The fourth-order valence-corrected chi connectivity index (χ4v) is 3.79. The van der Waals surface area contributed by atoms with E-state index in [2.05, 4.69) is 4.98 Å². The lowest BCUT2D eigenvalue weighted by Crippen LogP contribution is -2.14. The Bertz CT molecular complexity index is 611. The fourth-order valence-electron chi connectivity index (χ4n) is 1.85. The number of hydrogen-bond acceptors (Lipinski definition) is 5. The molecule has 0 amide bonds. The van der Waals surface area contributed by atoms with E-state index in [1.54, 1.807) is 17.1 Å². The highest BCUT2D eigenvalue weighted by molar-refractivity contribution is 7.99.